The number of nitrogens with one attached hydrogen (secondary N) is 2. The highest BCUT2D eigenvalue weighted by molar-refractivity contribution is 7.92. The van der Waals surface area contributed by atoms with Crippen LogP contribution in [0.2, 0.25) is 0 Å². The Morgan fingerprint density at radius 1 is 1.22 bits per heavy atom. The summed E-state index contributed by atoms with van der Waals surface area (Å²) in [7, 11) is -0.894. The number of rotatable bonds is 7. The van der Waals surface area contributed by atoms with Crippen LogP contribution >= 0.6 is 9.24 Å². The van der Waals surface area contributed by atoms with E-state index < -0.39 is 32.2 Å². The molecule has 2 unspecified atom stereocenters. The molecule has 1 aromatic heterocycles. The highest BCUT2D eigenvalue weighted by Crippen LogP contribution is 2.30. The minimum atomic E-state index is -4.34. The maximum Gasteiger partial charge on any atom is 0.273 e. The number of halogens is 2. The lowest BCUT2D eigenvalue weighted by Crippen LogP contribution is -2.19. The van der Waals surface area contributed by atoms with Crippen LogP contribution in [0.15, 0.2) is 53.6 Å². The fraction of sp³-hybridized carbons (Fsp3) is 0.200. The average Bonchev–Trinajstić information content (AvgIpc) is 3.05. The van der Waals surface area contributed by atoms with Gasteiger partial charge in [0.05, 0.1) is 5.69 Å². The molecule has 8 nitrogen and oxygen atoms in total. The van der Waals surface area contributed by atoms with Crippen molar-refractivity contribution in [1.82, 2.24) is 9.78 Å². The summed E-state index contributed by atoms with van der Waals surface area (Å²) in [6.07, 6.45) is 1.44. The normalized spacial score (nSPS) is 13.3. The van der Waals surface area contributed by atoms with Crippen molar-refractivity contribution in [2.45, 2.75) is 24.3 Å². The number of amides is 1. The van der Waals surface area contributed by atoms with Crippen molar-refractivity contribution < 1.29 is 26.7 Å². The number of benzene rings is 2. The molecule has 0 saturated heterocycles. The van der Waals surface area contributed by atoms with E-state index in [9.17, 15) is 22.0 Å². The highest BCUT2D eigenvalue weighted by Gasteiger charge is 2.24. The summed E-state index contributed by atoms with van der Waals surface area (Å²) in [5.41, 5.74) is -1.58. The van der Waals surface area contributed by atoms with E-state index in [2.05, 4.69) is 15.1 Å². The van der Waals surface area contributed by atoms with Gasteiger partial charge in [-0.3, -0.25) is 14.2 Å². The molecule has 0 aliphatic rings. The SMILES string of the molecule is Cc1cc(NC(=O)c2ccnn2C)cc(F)c1S(=O)(=O)Nc1cccc(OC(C)(F)P)c1. The van der Waals surface area contributed by atoms with Gasteiger partial charge in [-0.2, -0.15) is 9.49 Å². The third-order valence-electron chi connectivity index (χ3n) is 4.21. The maximum absolute atomic E-state index is 14.8. The number of carbonyl (C=O) groups excluding carboxylic acids is 1. The minimum Gasteiger partial charge on any atom is -0.455 e. The third-order valence-corrected chi connectivity index (χ3v) is 5.89. The quantitative estimate of drug-likeness (QED) is 0.499. The number of carbonyl (C=O) groups is 1. The molecule has 2 aromatic carbocycles. The van der Waals surface area contributed by atoms with Crippen LogP contribution in [0.4, 0.5) is 20.2 Å². The van der Waals surface area contributed by atoms with E-state index >= 15 is 0 Å². The van der Waals surface area contributed by atoms with Gasteiger partial charge in [0.2, 0.25) is 0 Å². The van der Waals surface area contributed by atoms with Gasteiger partial charge in [0.15, 0.2) is 0 Å². The fourth-order valence-electron chi connectivity index (χ4n) is 2.99. The van der Waals surface area contributed by atoms with Crippen LogP contribution in [-0.4, -0.2) is 29.7 Å². The van der Waals surface area contributed by atoms with Gasteiger partial charge in [-0.05, 0) is 42.8 Å². The summed E-state index contributed by atoms with van der Waals surface area (Å²) in [4.78, 5) is 11.7. The van der Waals surface area contributed by atoms with Crippen molar-refractivity contribution in [3.8, 4) is 5.75 Å². The fourth-order valence-corrected chi connectivity index (χ4v) is 4.47. The van der Waals surface area contributed by atoms with Crippen molar-refractivity contribution in [3.63, 3.8) is 0 Å². The number of ether oxygens (including phenoxy) is 1. The van der Waals surface area contributed by atoms with E-state index in [0.717, 1.165) is 6.07 Å². The Bertz CT molecular complexity index is 1250. The summed E-state index contributed by atoms with van der Waals surface area (Å²) in [6, 6.07) is 9.34. The summed E-state index contributed by atoms with van der Waals surface area (Å²) in [5.74, 6) is -1.49. The molecule has 0 fully saturated rings. The topological polar surface area (TPSA) is 102 Å². The van der Waals surface area contributed by atoms with E-state index in [0.29, 0.717) is 0 Å². The average molecular weight is 482 g/mol. The van der Waals surface area contributed by atoms with Crippen molar-refractivity contribution in [3.05, 3.63) is 65.7 Å². The van der Waals surface area contributed by atoms with E-state index in [-0.39, 0.29) is 28.4 Å². The zero-order chi connectivity index (χ0) is 23.7. The van der Waals surface area contributed by atoms with Crippen molar-refractivity contribution in [1.29, 1.82) is 0 Å². The third kappa shape index (κ3) is 5.60. The maximum atomic E-state index is 14.8. The van der Waals surface area contributed by atoms with Crippen LogP contribution in [0, 0.1) is 12.7 Å². The van der Waals surface area contributed by atoms with Gasteiger partial charge in [-0.15, -0.1) is 0 Å². The van der Waals surface area contributed by atoms with Crippen molar-refractivity contribution >= 4 is 36.5 Å². The molecular weight excluding hydrogens is 461 g/mol. The standard InChI is InChI=1S/C20H21F2N4O4PS/c1-12-9-14(24-19(27)17-7-8-23-26(17)3)11-16(21)18(12)32(28,29)25-13-5-4-6-15(10-13)30-20(2,22)31/h4-11,25H,31H2,1-3H3,(H,24,27). The van der Waals surface area contributed by atoms with Crippen LogP contribution in [-0.2, 0) is 17.1 Å². The van der Waals surface area contributed by atoms with Crippen LogP contribution in [0.3, 0.4) is 0 Å². The molecule has 3 rings (SSSR count). The molecule has 0 spiro atoms. The molecule has 0 aliphatic heterocycles. The number of hydrogen-bond acceptors (Lipinski definition) is 5. The summed E-state index contributed by atoms with van der Waals surface area (Å²) < 4.78 is 62.8. The van der Waals surface area contributed by atoms with Crippen LogP contribution in [0.25, 0.3) is 0 Å². The van der Waals surface area contributed by atoms with Crippen molar-refractivity contribution in [2.24, 2.45) is 7.05 Å². The molecule has 2 N–H and O–H groups in total. The summed E-state index contributed by atoms with van der Waals surface area (Å²) in [5, 5.41) is 6.41. The Morgan fingerprint density at radius 2 is 1.94 bits per heavy atom. The van der Waals surface area contributed by atoms with Crippen molar-refractivity contribution in [2.75, 3.05) is 10.0 Å². The first-order valence-electron chi connectivity index (χ1n) is 9.25. The monoisotopic (exact) mass is 482 g/mol. The van der Waals surface area contributed by atoms with Gasteiger partial charge in [0.25, 0.3) is 21.5 Å². The lowest BCUT2D eigenvalue weighted by molar-refractivity contribution is 0.0473. The van der Waals surface area contributed by atoms with E-state index in [1.165, 1.54) is 61.1 Å². The molecule has 0 aliphatic carbocycles. The number of hydrogen-bond donors (Lipinski definition) is 2. The summed E-state index contributed by atoms with van der Waals surface area (Å²) >= 11 is 0. The van der Waals surface area contributed by atoms with Gasteiger partial charge in [0, 0.05) is 31.9 Å². The Labute approximate surface area is 186 Å². The number of aryl methyl sites for hydroxylation is 2. The van der Waals surface area contributed by atoms with Gasteiger partial charge < -0.3 is 10.1 Å². The first-order valence-corrected chi connectivity index (χ1v) is 11.3. The second kappa shape index (κ2) is 8.84. The van der Waals surface area contributed by atoms with E-state index in [1.54, 1.807) is 7.05 Å². The molecule has 32 heavy (non-hydrogen) atoms. The van der Waals surface area contributed by atoms with Gasteiger partial charge in [-0.25, -0.2) is 12.8 Å². The molecule has 170 valence electrons. The molecule has 1 heterocycles. The first-order chi connectivity index (χ1) is 14.9. The number of sulfonamides is 1. The predicted octanol–water partition coefficient (Wildman–Crippen LogP) is 3.82. The predicted molar refractivity (Wildman–Crippen MR) is 119 cm³/mol. The van der Waals surface area contributed by atoms with Gasteiger partial charge >= 0.3 is 0 Å². The number of nitrogens with zero attached hydrogens (tertiary/aromatic N) is 2. The molecule has 0 bridgehead atoms. The van der Waals surface area contributed by atoms with Gasteiger partial charge in [-0.1, -0.05) is 15.3 Å². The molecule has 12 heteroatoms. The number of aromatic nitrogens is 2. The molecule has 0 radical (unpaired) electrons. The number of anilines is 2. The second-order valence-corrected chi connectivity index (χ2v) is 9.77. The molecule has 1 amide bonds. The Balaban J connectivity index is 1.85. The first kappa shape index (κ1) is 23.6. The summed E-state index contributed by atoms with van der Waals surface area (Å²) in [6.45, 7) is 2.57. The zero-order valence-corrected chi connectivity index (χ0v) is 19.4. The van der Waals surface area contributed by atoms with Crippen LogP contribution in [0.1, 0.15) is 23.0 Å². The lowest BCUT2D eigenvalue weighted by Gasteiger charge is -2.18. The zero-order valence-electron chi connectivity index (χ0n) is 17.4. The van der Waals surface area contributed by atoms with E-state index in [4.69, 9.17) is 4.74 Å². The second-order valence-electron chi connectivity index (χ2n) is 7.12. The molecule has 2 atom stereocenters. The largest absolute Gasteiger partial charge is 0.455 e. The molecule has 0 saturated carbocycles. The van der Waals surface area contributed by atoms with E-state index in [1.807, 2.05) is 9.24 Å². The molecule has 3 aromatic rings. The Kier molecular flexibility index (Phi) is 6.52. The van der Waals surface area contributed by atoms with Gasteiger partial charge in [0.1, 0.15) is 22.2 Å². The number of alkyl halides is 1. The smallest absolute Gasteiger partial charge is 0.273 e. The molecular formula is C20H21F2N4O4PS. The van der Waals surface area contributed by atoms with Crippen LogP contribution < -0.4 is 14.8 Å². The Hall–Kier alpha value is -3.04. The highest BCUT2D eigenvalue weighted by atomic mass is 32.2. The lowest BCUT2D eigenvalue weighted by atomic mass is 10.2. The Morgan fingerprint density at radius 3 is 2.53 bits per heavy atom. The minimum absolute atomic E-state index is 0.0594. The van der Waals surface area contributed by atoms with Crippen LogP contribution in [0.5, 0.6) is 5.75 Å².